The van der Waals surface area contributed by atoms with Crippen molar-refractivity contribution < 1.29 is 4.79 Å². The van der Waals surface area contributed by atoms with Gasteiger partial charge in [-0.2, -0.15) is 0 Å². The molecule has 0 bridgehead atoms. The molecule has 1 aromatic carbocycles. The summed E-state index contributed by atoms with van der Waals surface area (Å²) in [6, 6.07) is 11.6. The first kappa shape index (κ1) is 15.7. The fourth-order valence-corrected chi connectivity index (χ4v) is 1.88. The van der Waals surface area contributed by atoms with E-state index in [0.717, 1.165) is 17.1 Å². The Hall–Kier alpha value is -2.69. The predicted octanol–water partition coefficient (Wildman–Crippen LogP) is 2.18. The molecule has 0 unspecified atom stereocenters. The molecule has 0 aliphatic heterocycles. The number of aromatic nitrogens is 2. The molecule has 0 saturated carbocycles. The Labute approximate surface area is 130 Å². The van der Waals surface area contributed by atoms with Crippen LogP contribution in [0.15, 0.2) is 42.5 Å². The highest BCUT2D eigenvalue weighted by Gasteiger charge is 2.05. The first-order valence-corrected chi connectivity index (χ1v) is 7.07. The minimum Gasteiger partial charge on any atom is -0.363 e. The van der Waals surface area contributed by atoms with E-state index in [1.54, 1.807) is 6.08 Å². The summed E-state index contributed by atoms with van der Waals surface area (Å²) >= 11 is 0. The normalized spacial score (nSPS) is 10.7. The van der Waals surface area contributed by atoms with Crippen molar-refractivity contribution in [2.75, 3.05) is 19.0 Å². The number of carbonyl (C=O) groups is 1. The average Bonchev–Trinajstić information content (AvgIpc) is 2.51. The van der Waals surface area contributed by atoms with E-state index < -0.39 is 0 Å². The highest BCUT2D eigenvalue weighted by Crippen LogP contribution is 2.09. The molecule has 0 atom stereocenters. The van der Waals surface area contributed by atoms with E-state index in [9.17, 15) is 4.79 Å². The number of aryl methyl sites for hydroxylation is 1. The topological polar surface area (TPSA) is 58.1 Å². The summed E-state index contributed by atoms with van der Waals surface area (Å²) in [6.07, 6.45) is 3.29. The van der Waals surface area contributed by atoms with Crippen LogP contribution in [0.5, 0.6) is 0 Å². The Morgan fingerprint density at radius 2 is 1.95 bits per heavy atom. The smallest absolute Gasteiger partial charge is 0.244 e. The summed E-state index contributed by atoms with van der Waals surface area (Å²) in [5.41, 5.74) is 1.86. The molecule has 5 nitrogen and oxygen atoms in total. The number of carbonyl (C=O) groups excluding carboxylic acids is 1. The lowest BCUT2D eigenvalue weighted by Gasteiger charge is -2.13. The molecule has 0 aliphatic rings. The number of rotatable bonds is 5. The van der Waals surface area contributed by atoms with Crippen LogP contribution in [0.4, 0.5) is 5.82 Å². The molecular weight excluding hydrogens is 276 g/mol. The standard InChI is InChI=1S/C17H20N4O/c1-13-11-16(21(2)3)20-15(19-13)12-18-17(22)10-9-14-7-5-4-6-8-14/h4-11H,12H2,1-3H3,(H,18,22). The molecule has 0 spiro atoms. The van der Waals surface area contributed by atoms with Crippen LogP contribution in [0, 0.1) is 6.92 Å². The molecule has 1 aromatic heterocycles. The van der Waals surface area contributed by atoms with E-state index in [4.69, 9.17) is 0 Å². The zero-order valence-corrected chi connectivity index (χ0v) is 13.1. The van der Waals surface area contributed by atoms with Crippen molar-refractivity contribution in [2.45, 2.75) is 13.5 Å². The molecule has 0 radical (unpaired) electrons. The number of anilines is 1. The van der Waals surface area contributed by atoms with Gasteiger partial charge in [0.1, 0.15) is 11.6 Å². The molecule has 2 aromatic rings. The van der Waals surface area contributed by atoms with Gasteiger partial charge in [-0.25, -0.2) is 9.97 Å². The van der Waals surface area contributed by atoms with Gasteiger partial charge in [-0.05, 0) is 18.6 Å². The number of nitrogens with one attached hydrogen (secondary N) is 1. The van der Waals surface area contributed by atoms with Crippen LogP contribution < -0.4 is 10.2 Å². The van der Waals surface area contributed by atoms with Crippen molar-refractivity contribution in [3.63, 3.8) is 0 Å². The van der Waals surface area contributed by atoms with E-state index in [-0.39, 0.29) is 5.91 Å². The second-order valence-corrected chi connectivity index (χ2v) is 5.14. The molecule has 0 aliphatic carbocycles. The first-order valence-electron chi connectivity index (χ1n) is 7.07. The van der Waals surface area contributed by atoms with Gasteiger partial charge in [-0.3, -0.25) is 4.79 Å². The Morgan fingerprint density at radius 1 is 1.23 bits per heavy atom. The number of nitrogens with zero attached hydrogens (tertiary/aromatic N) is 3. The zero-order chi connectivity index (χ0) is 15.9. The summed E-state index contributed by atoms with van der Waals surface area (Å²) in [4.78, 5) is 22.5. The van der Waals surface area contributed by atoms with Crippen LogP contribution in [-0.2, 0) is 11.3 Å². The SMILES string of the molecule is Cc1cc(N(C)C)nc(CNC(=O)C=Cc2ccccc2)n1. The monoisotopic (exact) mass is 296 g/mol. The van der Waals surface area contributed by atoms with Gasteiger partial charge in [0.15, 0.2) is 0 Å². The van der Waals surface area contributed by atoms with Crippen LogP contribution in [0.25, 0.3) is 6.08 Å². The lowest BCUT2D eigenvalue weighted by Crippen LogP contribution is -2.22. The molecule has 1 N–H and O–H groups in total. The van der Waals surface area contributed by atoms with Gasteiger partial charge in [-0.15, -0.1) is 0 Å². The average molecular weight is 296 g/mol. The van der Waals surface area contributed by atoms with Crippen LogP contribution in [-0.4, -0.2) is 30.0 Å². The lowest BCUT2D eigenvalue weighted by atomic mass is 10.2. The largest absolute Gasteiger partial charge is 0.363 e. The van der Waals surface area contributed by atoms with Crippen molar-refractivity contribution in [1.29, 1.82) is 0 Å². The first-order chi connectivity index (χ1) is 10.5. The Balaban J connectivity index is 1.95. The van der Waals surface area contributed by atoms with Crippen LogP contribution in [0.2, 0.25) is 0 Å². The maximum atomic E-state index is 11.8. The highest BCUT2D eigenvalue weighted by atomic mass is 16.1. The number of amides is 1. The number of hydrogen-bond acceptors (Lipinski definition) is 4. The molecule has 1 amide bonds. The van der Waals surface area contributed by atoms with Crippen LogP contribution in [0.3, 0.4) is 0 Å². The highest BCUT2D eigenvalue weighted by molar-refractivity contribution is 5.91. The Bertz CT molecular complexity index is 666. The quantitative estimate of drug-likeness (QED) is 0.859. The lowest BCUT2D eigenvalue weighted by molar-refractivity contribution is -0.116. The van der Waals surface area contributed by atoms with Crippen molar-refractivity contribution >= 4 is 17.8 Å². The fraction of sp³-hybridized carbons (Fsp3) is 0.235. The Morgan fingerprint density at radius 3 is 2.64 bits per heavy atom. The Kier molecular flexibility index (Phi) is 5.25. The van der Waals surface area contributed by atoms with E-state index in [1.165, 1.54) is 6.08 Å². The van der Waals surface area contributed by atoms with Crippen LogP contribution in [0.1, 0.15) is 17.1 Å². The summed E-state index contributed by atoms with van der Waals surface area (Å²) < 4.78 is 0. The molecule has 22 heavy (non-hydrogen) atoms. The molecule has 0 fully saturated rings. The third-order valence-corrected chi connectivity index (χ3v) is 2.99. The van der Waals surface area contributed by atoms with Crippen LogP contribution >= 0.6 is 0 Å². The van der Waals surface area contributed by atoms with Gasteiger partial charge < -0.3 is 10.2 Å². The van der Waals surface area contributed by atoms with Crippen molar-refractivity contribution in [3.05, 3.63) is 59.6 Å². The maximum Gasteiger partial charge on any atom is 0.244 e. The van der Waals surface area contributed by atoms with Gasteiger partial charge in [0.25, 0.3) is 0 Å². The summed E-state index contributed by atoms with van der Waals surface area (Å²) in [7, 11) is 3.85. The molecular formula is C17H20N4O. The number of benzene rings is 1. The fourth-order valence-electron chi connectivity index (χ4n) is 1.88. The molecule has 2 rings (SSSR count). The minimum atomic E-state index is -0.166. The second-order valence-electron chi connectivity index (χ2n) is 5.14. The van der Waals surface area contributed by atoms with Crippen molar-refractivity contribution in [2.24, 2.45) is 0 Å². The summed E-state index contributed by atoms with van der Waals surface area (Å²) in [5.74, 6) is 1.27. The number of hydrogen-bond donors (Lipinski definition) is 1. The van der Waals surface area contributed by atoms with Gasteiger partial charge in [0.05, 0.1) is 6.54 Å². The predicted molar refractivity (Wildman–Crippen MR) is 88.4 cm³/mol. The molecule has 5 heteroatoms. The summed E-state index contributed by atoms with van der Waals surface area (Å²) in [5, 5.41) is 2.79. The molecule has 0 saturated heterocycles. The van der Waals surface area contributed by atoms with E-state index in [0.29, 0.717) is 12.4 Å². The molecule has 114 valence electrons. The summed E-state index contributed by atoms with van der Waals surface area (Å²) in [6.45, 7) is 2.22. The van der Waals surface area contributed by atoms with E-state index in [1.807, 2.05) is 62.3 Å². The maximum absolute atomic E-state index is 11.8. The van der Waals surface area contributed by atoms with Gasteiger partial charge in [0, 0.05) is 31.9 Å². The third kappa shape index (κ3) is 4.70. The van der Waals surface area contributed by atoms with E-state index in [2.05, 4.69) is 15.3 Å². The molecule has 1 heterocycles. The van der Waals surface area contributed by atoms with Crippen molar-refractivity contribution in [3.8, 4) is 0 Å². The zero-order valence-electron chi connectivity index (χ0n) is 13.1. The van der Waals surface area contributed by atoms with Gasteiger partial charge >= 0.3 is 0 Å². The second kappa shape index (κ2) is 7.36. The van der Waals surface area contributed by atoms with Gasteiger partial charge in [0.2, 0.25) is 5.91 Å². The van der Waals surface area contributed by atoms with E-state index >= 15 is 0 Å². The van der Waals surface area contributed by atoms with Crippen molar-refractivity contribution in [1.82, 2.24) is 15.3 Å². The minimum absolute atomic E-state index is 0.166. The third-order valence-electron chi connectivity index (χ3n) is 2.99. The van der Waals surface area contributed by atoms with Gasteiger partial charge in [-0.1, -0.05) is 30.3 Å².